The van der Waals surface area contributed by atoms with Crippen LogP contribution in [-0.2, 0) is 20.4 Å². The maximum atomic E-state index is 12.9. The molecular weight excluding hydrogens is 499 g/mol. The molecule has 0 spiro atoms. The van der Waals surface area contributed by atoms with Crippen molar-refractivity contribution in [1.82, 2.24) is 20.2 Å². The second-order valence-electron chi connectivity index (χ2n) is 8.62. The Kier molecular flexibility index (Phi) is 5.83. The molecule has 1 N–H and O–H groups in total. The molecule has 14 heteroatoms. The molecule has 4 atom stereocenters. The molecule has 11 nitrogen and oxygen atoms in total. The molecule has 4 unspecified atom stereocenters. The van der Waals surface area contributed by atoms with Gasteiger partial charge in [-0.2, -0.15) is 13.2 Å². The molecule has 194 valence electrons. The molecule has 1 aromatic heterocycles. The van der Waals surface area contributed by atoms with E-state index in [0.717, 1.165) is 12.1 Å². The maximum absolute atomic E-state index is 12.9. The fourth-order valence-electron chi connectivity index (χ4n) is 4.60. The normalized spacial score (nSPS) is 24.5. The highest BCUT2D eigenvalue weighted by molar-refractivity contribution is 5.84. The minimum atomic E-state index is -4.53. The van der Waals surface area contributed by atoms with E-state index in [1.54, 1.807) is 16.8 Å². The van der Waals surface area contributed by atoms with Crippen LogP contribution in [0.4, 0.5) is 23.7 Å². The van der Waals surface area contributed by atoms with Crippen LogP contribution in [0, 0.1) is 0 Å². The van der Waals surface area contributed by atoms with E-state index in [1.165, 1.54) is 12.1 Å². The molecule has 2 saturated heterocycles. The lowest BCUT2D eigenvalue weighted by atomic mass is 10.1. The second-order valence-corrected chi connectivity index (χ2v) is 8.62. The highest BCUT2D eigenvalue weighted by Gasteiger charge is 2.51. The summed E-state index contributed by atoms with van der Waals surface area (Å²) in [7, 11) is 0. The maximum Gasteiger partial charge on any atom is 0.416 e. The summed E-state index contributed by atoms with van der Waals surface area (Å²) in [5, 5.41) is 14.4. The fourth-order valence-corrected chi connectivity index (χ4v) is 4.60. The Hall–Kier alpha value is -3.91. The average Bonchev–Trinajstić information content (AvgIpc) is 3.61. The van der Waals surface area contributed by atoms with Gasteiger partial charge >= 0.3 is 12.3 Å². The Morgan fingerprint density at radius 1 is 1.03 bits per heavy atom. The molecule has 0 aliphatic carbocycles. The van der Waals surface area contributed by atoms with Crippen molar-refractivity contribution in [2.45, 2.75) is 30.5 Å². The standard InChI is InChI=1S/C23H20F3N5O6/c24-23(25,26)13-2-1-3-14(9-13)27-22(32)37-18-11-36-19-15(10-35-20(18)19)31-21(28-29-30-31)12-4-5-16-17(8-12)34-7-6-33-16/h1-5,8-9,15,18-20H,6-7,10-11H2,(H,27,32). The van der Waals surface area contributed by atoms with Gasteiger partial charge in [-0.25, -0.2) is 9.48 Å². The van der Waals surface area contributed by atoms with Gasteiger partial charge in [0.1, 0.15) is 31.5 Å². The number of alkyl halides is 3. The molecule has 3 aromatic rings. The fraction of sp³-hybridized carbons (Fsp3) is 0.391. The summed E-state index contributed by atoms with van der Waals surface area (Å²) in [5.74, 6) is 1.71. The van der Waals surface area contributed by atoms with E-state index >= 15 is 0 Å². The summed E-state index contributed by atoms with van der Waals surface area (Å²) >= 11 is 0. The van der Waals surface area contributed by atoms with Gasteiger partial charge in [0.25, 0.3) is 0 Å². The number of tetrazole rings is 1. The smallest absolute Gasteiger partial charge is 0.416 e. The molecule has 37 heavy (non-hydrogen) atoms. The minimum Gasteiger partial charge on any atom is -0.486 e. The highest BCUT2D eigenvalue weighted by atomic mass is 19.4. The number of nitrogens with one attached hydrogen (secondary N) is 1. The number of hydrogen-bond acceptors (Lipinski definition) is 9. The molecule has 6 rings (SSSR count). The summed E-state index contributed by atoms with van der Waals surface area (Å²) < 4.78 is 68.8. The molecule has 0 bridgehead atoms. The van der Waals surface area contributed by atoms with Gasteiger partial charge in [-0.1, -0.05) is 6.07 Å². The number of halogens is 3. The van der Waals surface area contributed by atoms with Gasteiger partial charge in [0.05, 0.1) is 18.8 Å². The molecular formula is C23H20F3N5O6. The van der Waals surface area contributed by atoms with Crippen LogP contribution in [0.5, 0.6) is 11.5 Å². The first-order valence-electron chi connectivity index (χ1n) is 11.4. The summed E-state index contributed by atoms with van der Waals surface area (Å²) in [6.07, 6.45) is -7.33. The molecule has 2 aromatic carbocycles. The highest BCUT2D eigenvalue weighted by Crippen LogP contribution is 2.39. The number of rotatable bonds is 4. The zero-order chi connectivity index (χ0) is 25.6. The monoisotopic (exact) mass is 519 g/mol. The van der Waals surface area contributed by atoms with Crippen molar-refractivity contribution in [3.63, 3.8) is 0 Å². The minimum absolute atomic E-state index is 0.0433. The number of anilines is 1. The van der Waals surface area contributed by atoms with E-state index in [4.69, 9.17) is 23.7 Å². The molecule has 1 amide bonds. The number of amides is 1. The van der Waals surface area contributed by atoms with Crippen LogP contribution in [0.2, 0.25) is 0 Å². The van der Waals surface area contributed by atoms with Crippen molar-refractivity contribution in [3.05, 3.63) is 48.0 Å². The van der Waals surface area contributed by atoms with Gasteiger partial charge in [0, 0.05) is 11.3 Å². The van der Waals surface area contributed by atoms with Gasteiger partial charge in [0.2, 0.25) is 0 Å². The Balaban J connectivity index is 1.13. The summed E-state index contributed by atoms with van der Waals surface area (Å²) in [4.78, 5) is 12.4. The van der Waals surface area contributed by atoms with Gasteiger partial charge in [0.15, 0.2) is 23.4 Å². The first-order valence-corrected chi connectivity index (χ1v) is 11.4. The number of nitrogens with zero attached hydrogens (tertiary/aromatic N) is 4. The number of carbonyl (C=O) groups excluding carboxylic acids is 1. The molecule has 0 radical (unpaired) electrons. The topological polar surface area (TPSA) is 119 Å². The van der Waals surface area contributed by atoms with Crippen LogP contribution in [0.3, 0.4) is 0 Å². The zero-order valence-electron chi connectivity index (χ0n) is 19.1. The Morgan fingerprint density at radius 3 is 2.68 bits per heavy atom. The first kappa shape index (κ1) is 23.5. The van der Waals surface area contributed by atoms with Crippen molar-refractivity contribution < 1.29 is 41.7 Å². The van der Waals surface area contributed by atoms with Crippen LogP contribution in [0.1, 0.15) is 11.6 Å². The lowest BCUT2D eigenvalue weighted by Crippen LogP contribution is -2.35. The number of fused-ring (bicyclic) bond motifs is 2. The molecule has 4 heterocycles. The lowest BCUT2D eigenvalue weighted by molar-refractivity contribution is -0.137. The van der Waals surface area contributed by atoms with Crippen molar-refractivity contribution in [2.75, 3.05) is 31.7 Å². The number of carbonyl (C=O) groups is 1. The first-order chi connectivity index (χ1) is 17.9. The summed E-state index contributed by atoms with van der Waals surface area (Å²) in [5.41, 5.74) is -0.214. The number of hydrogen-bond donors (Lipinski definition) is 1. The molecule has 0 saturated carbocycles. The van der Waals surface area contributed by atoms with E-state index in [-0.39, 0.29) is 18.9 Å². The zero-order valence-corrected chi connectivity index (χ0v) is 19.1. The van der Waals surface area contributed by atoms with Crippen molar-refractivity contribution in [2.24, 2.45) is 0 Å². The summed E-state index contributed by atoms with van der Waals surface area (Å²) in [6.45, 7) is 1.17. The van der Waals surface area contributed by atoms with Crippen LogP contribution >= 0.6 is 0 Å². The Morgan fingerprint density at radius 2 is 1.84 bits per heavy atom. The van der Waals surface area contributed by atoms with Crippen molar-refractivity contribution >= 4 is 11.8 Å². The van der Waals surface area contributed by atoms with Gasteiger partial charge in [-0.3, -0.25) is 5.32 Å². The Labute approximate surface area is 207 Å². The molecule has 2 fully saturated rings. The van der Waals surface area contributed by atoms with Gasteiger partial charge in [-0.15, -0.1) is 5.10 Å². The largest absolute Gasteiger partial charge is 0.486 e. The lowest BCUT2D eigenvalue weighted by Gasteiger charge is -2.20. The van der Waals surface area contributed by atoms with E-state index in [2.05, 4.69) is 20.8 Å². The number of ether oxygens (including phenoxy) is 5. The van der Waals surface area contributed by atoms with E-state index < -0.39 is 42.2 Å². The Bertz CT molecular complexity index is 1320. The molecule has 3 aliphatic heterocycles. The van der Waals surface area contributed by atoms with Crippen molar-refractivity contribution in [3.8, 4) is 22.9 Å². The predicted octanol–water partition coefficient (Wildman–Crippen LogP) is 3.09. The van der Waals surface area contributed by atoms with Crippen LogP contribution in [0.25, 0.3) is 11.4 Å². The van der Waals surface area contributed by atoms with Crippen LogP contribution in [0.15, 0.2) is 42.5 Å². The predicted molar refractivity (Wildman–Crippen MR) is 118 cm³/mol. The quantitative estimate of drug-likeness (QED) is 0.555. The number of aromatic nitrogens is 4. The number of benzene rings is 2. The third-order valence-corrected chi connectivity index (χ3v) is 6.28. The average molecular weight is 519 g/mol. The van der Waals surface area contributed by atoms with E-state index in [9.17, 15) is 18.0 Å². The van der Waals surface area contributed by atoms with Crippen LogP contribution < -0.4 is 14.8 Å². The van der Waals surface area contributed by atoms with Crippen LogP contribution in [-0.4, -0.2) is 71.0 Å². The molecule has 3 aliphatic rings. The van der Waals surface area contributed by atoms with E-state index in [1.807, 2.05) is 6.07 Å². The van der Waals surface area contributed by atoms with Gasteiger partial charge in [-0.05, 0) is 46.8 Å². The third kappa shape index (κ3) is 4.53. The SMILES string of the molecule is O=C(Nc1cccc(C(F)(F)F)c1)OC1COC2C1OCC2n1nnnc1-c1ccc2c(c1)OCCO2. The summed E-state index contributed by atoms with van der Waals surface area (Å²) in [6, 6.07) is 9.28. The second kappa shape index (κ2) is 9.19. The van der Waals surface area contributed by atoms with E-state index in [0.29, 0.717) is 36.1 Å². The van der Waals surface area contributed by atoms with Crippen molar-refractivity contribution in [1.29, 1.82) is 0 Å². The third-order valence-electron chi connectivity index (χ3n) is 6.28. The van der Waals surface area contributed by atoms with Gasteiger partial charge < -0.3 is 23.7 Å².